The predicted molar refractivity (Wildman–Crippen MR) is 102 cm³/mol. The molecule has 0 bridgehead atoms. The number of nitrogens with one attached hydrogen (secondary N) is 2. The van der Waals surface area contributed by atoms with Crippen LogP contribution < -0.4 is 16.4 Å². The highest BCUT2D eigenvalue weighted by molar-refractivity contribution is 7.15. The maximum absolute atomic E-state index is 12.0. The van der Waals surface area contributed by atoms with Crippen LogP contribution in [0.4, 0.5) is 0 Å². The lowest BCUT2D eigenvalue weighted by atomic mass is 10.0. The number of hydrogen-bond acceptors (Lipinski definition) is 6. The summed E-state index contributed by atoms with van der Waals surface area (Å²) in [5, 5.41) is 15.2. The Balaban J connectivity index is 1.51. The SMILES string of the molecule is Cn1c(=O)oc2ccc(-c3ccc(CC(C#N)NC(=O)C4CNC4)s3)cc21. The number of aryl methyl sites for hydroxylation is 1. The molecule has 1 aliphatic rings. The van der Waals surface area contributed by atoms with Crippen LogP contribution >= 0.6 is 11.3 Å². The predicted octanol–water partition coefficient (Wildman–Crippen LogP) is 1.63. The van der Waals surface area contributed by atoms with E-state index in [1.807, 2.05) is 24.3 Å². The zero-order valence-corrected chi connectivity index (χ0v) is 15.5. The fraction of sp³-hybridized carbons (Fsp3) is 0.316. The molecule has 1 saturated heterocycles. The largest absolute Gasteiger partial charge is 0.419 e. The molecule has 1 fully saturated rings. The van der Waals surface area contributed by atoms with E-state index in [1.165, 1.54) is 4.57 Å². The standard InChI is InChI=1S/C19H18N4O3S/c1-23-15-6-11(2-4-16(15)26-19(23)25)17-5-3-14(27-17)7-13(8-20)22-18(24)12-9-21-10-12/h2-6,12-13,21H,7,9-10H2,1H3,(H,22,24). The normalized spacial score (nSPS) is 15.3. The van der Waals surface area contributed by atoms with Crippen LogP contribution in [-0.4, -0.2) is 29.6 Å². The number of fused-ring (bicyclic) bond motifs is 1. The number of carbonyl (C=O) groups excluding carboxylic acids is 1. The van der Waals surface area contributed by atoms with Gasteiger partial charge in [0.2, 0.25) is 5.91 Å². The lowest BCUT2D eigenvalue weighted by molar-refractivity contribution is -0.126. The maximum Gasteiger partial charge on any atom is 0.419 e. The van der Waals surface area contributed by atoms with E-state index < -0.39 is 6.04 Å². The molecule has 0 radical (unpaired) electrons. The second kappa shape index (κ2) is 7.02. The first kappa shape index (κ1) is 17.5. The molecule has 0 saturated carbocycles. The van der Waals surface area contributed by atoms with Crippen molar-refractivity contribution >= 4 is 28.3 Å². The molecule has 7 nitrogen and oxygen atoms in total. The van der Waals surface area contributed by atoms with Crippen molar-refractivity contribution in [3.63, 3.8) is 0 Å². The molecule has 4 rings (SSSR count). The van der Waals surface area contributed by atoms with Gasteiger partial charge in [0.05, 0.1) is 17.5 Å². The van der Waals surface area contributed by atoms with Crippen LogP contribution in [0.5, 0.6) is 0 Å². The Labute approximate surface area is 159 Å². The second-order valence-electron chi connectivity index (χ2n) is 6.63. The molecule has 138 valence electrons. The van der Waals surface area contributed by atoms with Crippen molar-refractivity contribution in [1.82, 2.24) is 15.2 Å². The minimum atomic E-state index is -0.540. The van der Waals surface area contributed by atoms with E-state index in [1.54, 1.807) is 24.5 Å². The lowest BCUT2D eigenvalue weighted by Gasteiger charge is -2.26. The number of oxazole rings is 1. The third-order valence-electron chi connectivity index (χ3n) is 4.77. The van der Waals surface area contributed by atoms with Gasteiger partial charge in [0.1, 0.15) is 6.04 Å². The summed E-state index contributed by atoms with van der Waals surface area (Å²) in [6.07, 6.45) is 0.472. The Bertz CT molecular complexity index is 1100. The molecular formula is C19H18N4O3S. The molecule has 8 heteroatoms. The number of benzene rings is 1. The van der Waals surface area contributed by atoms with Crippen LogP contribution in [-0.2, 0) is 18.3 Å². The molecule has 3 aromatic rings. The van der Waals surface area contributed by atoms with Gasteiger partial charge in [-0.3, -0.25) is 9.36 Å². The van der Waals surface area contributed by atoms with Crippen LogP contribution in [0, 0.1) is 17.2 Å². The van der Waals surface area contributed by atoms with Gasteiger partial charge in [0.15, 0.2) is 5.58 Å². The van der Waals surface area contributed by atoms with E-state index in [0.717, 1.165) is 20.8 Å². The smallest absolute Gasteiger partial charge is 0.408 e. The summed E-state index contributed by atoms with van der Waals surface area (Å²) in [4.78, 5) is 25.7. The summed E-state index contributed by atoms with van der Waals surface area (Å²) < 4.78 is 6.64. The topological polar surface area (TPSA) is 100 Å². The minimum absolute atomic E-state index is 0.0342. The first-order valence-electron chi connectivity index (χ1n) is 8.64. The molecule has 1 atom stereocenters. The zero-order valence-electron chi connectivity index (χ0n) is 14.7. The Hall–Kier alpha value is -2.89. The minimum Gasteiger partial charge on any atom is -0.408 e. The Morgan fingerprint density at radius 2 is 2.26 bits per heavy atom. The van der Waals surface area contributed by atoms with Gasteiger partial charge >= 0.3 is 5.76 Å². The van der Waals surface area contributed by atoms with E-state index in [9.17, 15) is 14.9 Å². The van der Waals surface area contributed by atoms with Crippen molar-refractivity contribution < 1.29 is 9.21 Å². The summed E-state index contributed by atoms with van der Waals surface area (Å²) in [5.41, 5.74) is 2.28. The summed E-state index contributed by atoms with van der Waals surface area (Å²) in [6, 6.07) is 11.2. The maximum atomic E-state index is 12.0. The molecule has 1 unspecified atom stereocenters. The van der Waals surface area contributed by atoms with Gasteiger partial charge in [-0.15, -0.1) is 11.3 Å². The summed E-state index contributed by atoms with van der Waals surface area (Å²) >= 11 is 1.57. The van der Waals surface area contributed by atoms with Gasteiger partial charge < -0.3 is 15.1 Å². The van der Waals surface area contributed by atoms with E-state index in [-0.39, 0.29) is 17.6 Å². The molecule has 1 aliphatic heterocycles. The first-order chi connectivity index (χ1) is 13.0. The highest BCUT2D eigenvalue weighted by Gasteiger charge is 2.26. The molecule has 2 N–H and O–H groups in total. The van der Waals surface area contributed by atoms with E-state index in [0.29, 0.717) is 25.1 Å². The molecule has 0 aliphatic carbocycles. The summed E-state index contributed by atoms with van der Waals surface area (Å²) in [5.74, 6) is -0.486. The molecule has 0 spiro atoms. The highest BCUT2D eigenvalue weighted by atomic mass is 32.1. The fourth-order valence-corrected chi connectivity index (χ4v) is 4.07. The van der Waals surface area contributed by atoms with Gasteiger partial charge in [-0.05, 0) is 35.9 Å². The van der Waals surface area contributed by atoms with Crippen molar-refractivity contribution in [1.29, 1.82) is 5.26 Å². The quantitative estimate of drug-likeness (QED) is 0.699. The van der Waals surface area contributed by atoms with Crippen LogP contribution in [0.25, 0.3) is 21.5 Å². The van der Waals surface area contributed by atoms with Crippen LogP contribution in [0.1, 0.15) is 4.88 Å². The van der Waals surface area contributed by atoms with Crippen molar-refractivity contribution in [3.05, 3.63) is 45.8 Å². The van der Waals surface area contributed by atoms with Gasteiger partial charge in [0, 0.05) is 36.3 Å². The molecule has 1 amide bonds. The number of amides is 1. The van der Waals surface area contributed by atoms with Gasteiger partial charge in [-0.2, -0.15) is 5.26 Å². The molecule has 3 heterocycles. The molecular weight excluding hydrogens is 364 g/mol. The van der Waals surface area contributed by atoms with E-state index in [2.05, 4.69) is 16.7 Å². The van der Waals surface area contributed by atoms with Crippen molar-refractivity contribution in [2.75, 3.05) is 13.1 Å². The number of hydrogen-bond donors (Lipinski definition) is 2. The Kier molecular flexibility index (Phi) is 4.56. The summed E-state index contributed by atoms with van der Waals surface area (Å²) in [7, 11) is 1.68. The van der Waals surface area contributed by atoms with Crippen LogP contribution in [0.3, 0.4) is 0 Å². The molecule has 27 heavy (non-hydrogen) atoms. The Morgan fingerprint density at radius 1 is 1.44 bits per heavy atom. The van der Waals surface area contributed by atoms with Gasteiger partial charge in [-0.1, -0.05) is 0 Å². The third-order valence-corrected chi connectivity index (χ3v) is 5.92. The number of rotatable bonds is 5. The number of thiophene rings is 1. The highest BCUT2D eigenvalue weighted by Crippen LogP contribution is 2.30. The monoisotopic (exact) mass is 382 g/mol. The number of nitriles is 1. The van der Waals surface area contributed by atoms with Crippen molar-refractivity contribution in [2.24, 2.45) is 13.0 Å². The average Bonchev–Trinajstić information content (AvgIpc) is 3.18. The van der Waals surface area contributed by atoms with E-state index in [4.69, 9.17) is 4.42 Å². The van der Waals surface area contributed by atoms with Crippen LogP contribution in [0.15, 0.2) is 39.5 Å². The average molecular weight is 382 g/mol. The van der Waals surface area contributed by atoms with Crippen LogP contribution in [0.2, 0.25) is 0 Å². The lowest BCUT2D eigenvalue weighted by Crippen LogP contribution is -2.52. The zero-order chi connectivity index (χ0) is 19.0. The summed E-state index contributed by atoms with van der Waals surface area (Å²) in [6.45, 7) is 1.35. The molecule has 2 aromatic heterocycles. The van der Waals surface area contributed by atoms with Gasteiger partial charge in [0.25, 0.3) is 0 Å². The third kappa shape index (κ3) is 3.39. The van der Waals surface area contributed by atoms with E-state index >= 15 is 0 Å². The second-order valence-corrected chi connectivity index (χ2v) is 7.79. The number of aromatic nitrogens is 1. The van der Waals surface area contributed by atoms with Gasteiger partial charge in [-0.25, -0.2) is 4.79 Å². The number of nitrogens with zero attached hydrogens (tertiary/aromatic N) is 2. The molecule has 1 aromatic carbocycles. The first-order valence-corrected chi connectivity index (χ1v) is 9.46. The fourth-order valence-electron chi connectivity index (χ4n) is 3.02. The number of carbonyl (C=O) groups is 1. The van der Waals surface area contributed by atoms with Crippen molar-refractivity contribution in [2.45, 2.75) is 12.5 Å². The van der Waals surface area contributed by atoms with Crippen molar-refractivity contribution in [3.8, 4) is 16.5 Å². The Morgan fingerprint density at radius 3 is 2.96 bits per heavy atom.